The first-order chi connectivity index (χ1) is 19.5. The highest BCUT2D eigenvalue weighted by atomic mass is 16.7. The third-order valence-electron chi connectivity index (χ3n) is 8.66. The predicted octanol–water partition coefficient (Wildman–Crippen LogP) is 0.753. The summed E-state index contributed by atoms with van der Waals surface area (Å²) in [6, 6.07) is 6.69. The quantitative estimate of drug-likeness (QED) is 0.340. The SMILES string of the molecule is CC1=CC(=O)C2=C(C)C[C@H](OC(=O)CCc3ccc(O[C@@H]4O[C@H](CO)[C@@H](O)[C@H](O)[C@H]4O)cc3)[C@@H]3[C@H](OC(=O)[C@H]3C)[C@@H]12. The lowest BCUT2D eigenvalue weighted by Gasteiger charge is -2.39. The number of ketones is 1. The maximum atomic E-state index is 13.0. The van der Waals surface area contributed by atoms with E-state index >= 15 is 0 Å². The van der Waals surface area contributed by atoms with E-state index in [1.54, 1.807) is 37.3 Å². The smallest absolute Gasteiger partial charge is 0.309 e. The van der Waals surface area contributed by atoms with E-state index in [2.05, 4.69) is 0 Å². The predicted molar refractivity (Wildman–Crippen MR) is 141 cm³/mol. The average Bonchev–Trinajstić information content (AvgIpc) is 3.36. The van der Waals surface area contributed by atoms with Gasteiger partial charge in [0.05, 0.1) is 12.5 Å². The van der Waals surface area contributed by atoms with Crippen molar-refractivity contribution in [2.75, 3.05) is 6.61 Å². The number of hydrogen-bond donors (Lipinski definition) is 4. The molecule has 41 heavy (non-hydrogen) atoms. The van der Waals surface area contributed by atoms with Crippen LogP contribution in [0.3, 0.4) is 0 Å². The van der Waals surface area contributed by atoms with E-state index in [-0.39, 0.29) is 30.0 Å². The molecule has 2 heterocycles. The van der Waals surface area contributed by atoms with E-state index in [4.69, 9.17) is 18.9 Å². The highest BCUT2D eigenvalue weighted by molar-refractivity contribution is 6.09. The number of ether oxygens (including phenoxy) is 4. The van der Waals surface area contributed by atoms with E-state index in [1.165, 1.54) is 0 Å². The fraction of sp³-hybridized carbons (Fsp3) is 0.567. The second-order valence-corrected chi connectivity index (χ2v) is 11.4. The van der Waals surface area contributed by atoms with Crippen molar-refractivity contribution in [1.82, 2.24) is 0 Å². The van der Waals surface area contributed by atoms with Gasteiger partial charge in [0.2, 0.25) is 6.29 Å². The molecule has 1 aromatic carbocycles. The summed E-state index contributed by atoms with van der Waals surface area (Å²) in [5.74, 6) is -1.68. The van der Waals surface area contributed by atoms with Crippen molar-refractivity contribution in [1.29, 1.82) is 0 Å². The van der Waals surface area contributed by atoms with Crippen molar-refractivity contribution in [3.8, 4) is 5.75 Å². The van der Waals surface area contributed by atoms with Gasteiger partial charge >= 0.3 is 11.9 Å². The minimum atomic E-state index is -1.54. The monoisotopic (exact) mass is 572 g/mol. The van der Waals surface area contributed by atoms with Gasteiger partial charge in [0.15, 0.2) is 5.78 Å². The first-order valence-corrected chi connectivity index (χ1v) is 13.9. The summed E-state index contributed by atoms with van der Waals surface area (Å²) in [7, 11) is 0. The zero-order chi connectivity index (χ0) is 29.6. The first-order valence-electron chi connectivity index (χ1n) is 13.9. The van der Waals surface area contributed by atoms with Gasteiger partial charge in [-0.1, -0.05) is 30.2 Å². The summed E-state index contributed by atoms with van der Waals surface area (Å²) in [5, 5.41) is 39.4. The van der Waals surface area contributed by atoms with Crippen molar-refractivity contribution in [2.24, 2.45) is 17.8 Å². The van der Waals surface area contributed by atoms with E-state index in [0.717, 1.165) is 16.7 Å². The summed E-state index contributed by atoms with van der Waals surface area (Å²) < 4.78 is 22.7. The number of aliphatic hydroxyl groups is 4. The third-order valence-corrected chi connectivity index (χ3v) is 8.66. The maximum Gasteiger partial charge on any atom is 0.309 e. The van der Waals surface area contributed by atoms with Crippen molar-refractivity contribution >= 4 is 17.7 Å². The fourth-order valence-corrected chi connectivity index (χ4v) is 6.42. The normalized spacial score (nSPS) is 36.7. The molecular weight excluding hydrogens is 536 g/mol. The van der Waals surface area contributed by atoms with E-state index in [1.807, 2.05) is 13.8 Å². The van der Waals surface area contributed by atoms with Gasteiger partial charge in [-0.2, -0.15) is 0 Å². The second-order valence-electron chi connectivity index (χ2n) is 11.4. The van der Waals surface area contributed by atoms with Crippen LogP contribution < -0.4 is 4.74 Å². The molecule has 2 aliphatic heterocycles. The molecule has 10 atom stereocenters. The highest BCUT2D eigenvalue weighted by Crippen LogP contribution is 2.48. The molecular formula is C30H36O11. The molecule has 0 amide bonds. The molecule has 2 saturated heterocycles. The Labute approximate surface area is 237 Å². The van der Waals surface area contributed by atoms with Crippen LogP contribution in [0.1, 0.15) is 39.2 Å². The summed E-state index contributed by atoms with van der Waals surface area (Å²) in [6.45, 7) is 4.95. The molecule has 0 aromatic heterocycles. The summed E-state index contributed by atoms with van der Waals surface area (Å²) >= 11 is 0. The number of benzene rings is 1. The van der Waals surface area contributed by atoms with Crippen molar-refractivity contribution in [3.63, 3.8) is 0 Å². The second kappa shape index (κ2) is 11.7. The van der Waals surface area contributed by atoms with Crippen LogP contribution in [0.25, 0.3) is 0 Å². The average molecular weight is 573 g/mol. The molecule has 0 spiro atoms. The van der Waals surface area contributed by atoms with Crippen molar-refractivity contribution in [3.05, 3.63) is 52.6 Å². The number of esters is 2. The number of rotatable bonds is 7. The molecule has 0 radical (unpaired) electrons. The Morgan fingerprint density at radius 3 is 2.44 bits per heavy atom. The van der Waals surface area contributed by atoms with Gasteiger partial charge in [-0.25, -0.2) is 0 Å². The molecule has 2 aliphatic carbocycles. The summed E-state index contributed by atoms with van der Waals surface area (Å²) in [6.07, 6.45) is -5.66. The summed E-state index contributed by atoms with van der Waals surface area (Å²) in [5.41, 5.74) is 3.16. The minimum Gasteiger partial charge on any atom is -0.462 e. The molecule has 2 fully saturated rings. The Hall–Kier alpha value is -3.09. The molecule has 0 unspecified atom stereocenters. The van der Waals surface area contributed by atoms with Gasteiger partial charge in [0, 0.05) is 30.3 Å². The van der Waals surface area contributed by atoms with Crippen LogP contribution in [-0.2, 0) is 35.0 Å². The molecule has 4 aliphatic rings. The van der Waals surface area contributed by atoms with Crippen LogP contribution in [0.4, 0.5) is 0 Å². The van der Waals surface area contributed by atoms with Gasteiger partial charge in [0.25, 0.3) is 0 Å². The van der Waals surface area contributed by atoms with E-state index in [9.17, 15) is 34.8 Å². The Morgan fingerprint density at radius 2 is 1.76 bits per heavy atom. The minimum absolute atomic E-state index is 0.0784. The maximum absolute atomic E-state index is 13.0. The number of carbonyl (C=O) groups is 3. The number of aliphatic hydroxyl groups excluding tert-OH is 4. The molecule has 11 heteroatoms. The Kier molecular flexibility index (Phi) is 8.36. The van der Waals surface area contributed by atoms with Gasteiger partial charge in [-0.3, -0.25) is 14.4 Å². The van der Waals surface area contributed by atoms with Crippen molar-refractivity contribution in [2.45, 2.75) is 82.9 Å². The number of allylic oxidation sites excluding steroid dienone is 1. The number of carbonyl (C=O) groups excluding carboxylic acids is 3. The van der Waals surface area contributed by atoms with E-state index < -0.39 is 61.4 Å². The number of fused-ring (bicyclic) bond motifs is 3. The standard InChI is InChI=1S/C30H36O11/c1-13-10-18(32)22-14(2)11-19(24-15(3)29(37)41-28(24)23(13)22)39-21(33)9-6-16-4-7-17(8-5-16)38-30-27(36)26(35)25(34)20(12-31)40-30/h4-5,7-8,10,15,19-20,23-28,30-31,34-36H,6,9,11-12H2,1-3H3/t15-,19-,20+,23-,24+,25+,26-,27+,28+,30+/m0/s1. The van der Waals surface area contributed by atoms with Gasteiger partial charge in [-0.15, -0.1) is 0 Å². The number of hydrogen-bond acceptors (Lipinski definition) is 11. The van der Waals surface area contributed by atoms with Crippen LogP contribution in [0.5, 0.6) is 5.75 Å². The number of aryl methyl sites for hydroxylation is 1. The van der Waals surface area contributed by atoms with E-state index in [0.29, 0.717) is 24.2 Å². The molecule has 4 N–H and O–H groups in total. The lowest BCUT2D eigenvalue weighted by Crippen LogP contribution is -2.60. The Bertz CT molecular complexity index is 1250. The fourth-order valence-electron chi connectivity index (χ4n) is 6.42. The first kappa shape index (κ1) is 29.4. The highest BCUT2D eigenvalue weighted by Gasteiger charge is 2.55. The van der Waals surface area contributed by atoms with Crippen LogP contribution in [0, 0.1) is 17.8 Å². The van der Waals surface area contributed by atoms with Crippen LogP contribution in [0.2, 0.25) is 0 Å². The largest absolute Gasteiger partial charge is 0.462 e. The van der Waals surface area contributed by atoms with Gasteiger partial charge in [-0.05, 0) is 44.0 Å². The third kappa shape index (κ3) is 5.56. The van der Waals surface area contributed by atoms with Crippen LogP contribution in [0.15, 0.2) is 47.1 Å². The Balaban J connectivity index is 1.20. The van der Waals surface area contributed by atoms with Gasteiger partial charge < -0.3 is 39.4 Å². The summed E-state index contributed by atoms with van der Waals surface area (Å²) in [4.78, 5) is 38.2. The van der Waals surface area contributed by atoms with Crippen LogP contribution >= 0.6 is 0 Å². The van der Waals surface area contributed by atoms with Crippen molar-refractivity contribution < 1.29 is 53.8 Å². The van der Waals surface area contributed by atoms with Crippen LogP contribution in [-0.4, -0.2) is 87.7 Å². The molecule has 5 rings (SSSR count). The lowest BCUT2D eigenvalue weighted by atomic mass is 9.79. The van der Waals surface area contributed by atoms with Gasteiger partial charge in [0.1, 0.15) is 42.4 Å². The molecule has 11 nitrogen and oxygen atoms in total. The molecule has 222 valence electrons. The molecule has 1 aromatic rings. The molecule has 0 saturated carbocycles. The molecule has 0 bridgehead atoms. The zero-order valence-electron chi connectivity index (χ0n) is 23.1. The lowest BCUT2D eigenvalue weighted by molar-refractivity contribution is -0.277. The zero-order valence-corrected chi connectivity index (χ0v) is 23.1. The Morgan fingerprint density at radius 1 is 1.05 bits per heavy atom. The topological polar surface area (TPSA) is 169 Å².